The first kappa shape index (κ1) is 12.5. The SMILES string of the molecule is COc1ccccc1Sc1cnc(Cl)nc1Cl. The van der Waals surface area contributed by atoms with E-state index in [1.807, 2.05) is 24.3 Å². The minimum atomic E-state index is 0.138. The molecule has 0 saturated heterocycles. The lowest BCUT2D eigenvalue weighted by Crippen LogP contribution is -1.88. The molecular formula is C11H8Cl2N2OS. The standard InChI is InChI=1S/C11H8Cl2N2OS/c1-16-7-4-2-3-5-8(7)17-9-6-14-11(13)15-10(9)12/h2-6H,1H3. The highest BCUT2D eigenvalue weighted by Gasteiger charge is 2.09. The lowest BCUT2D eigenvalue weighted by molar-refractivity contribution is 0.405. The summed E-state index contributed by atoms with van der Waals surface area (Å²) in [5.41, 5.74) is 0. The zero-order chi connectivity index (χ0) is 12.3. The van der Waals surface area contributed by atoms with Gasteiger partial charge < -0.3 is 4.74 Å². The van der Waals surface area contributed by atoms with Crippen molar-refractivity contribution >= 4 is 35.0 Å². The van der Waals surface area contributed by atoms with Crippen molar-refractivity contribution in [3.05, 3.63) is 40.9 Å². The molecule has 0 atom stereocenters. The van der Waals surface area contributed by atoms with Gasteiger partial charge in [0.15, 0.2) is 0 Å². The Bertz CT molecular complexity index is 537. The molecule has 0 fully saturated rings. The largest absolute Gasteiger partial charge is 0.496 e. The molecule has 2 rings (SSSR count). The maximum atomic E-state index is 5.98. The molecule has 0 unspecified atom stereocenters. The highest BCUT2D eigenvalue weighted by Crippen LogP contribution is 2.37. The molecule has 17 heavy (non-hydrogen) atoms. The topological polar surface area (TPSA) is 35.0 Å². The van der Waals surface area contributed by atoms with E-state index < -0.39 is 0 Å². The molecule has 3 nitrogen and oxygen atoms in total. The Morgan fingerprint density at radius 3 is 2.65 bits per heavy atom. The third kappa shape index (κ3) is 3.03. The van der Waals surface area contributed by atoms with Crippen molar-refractivity contribution in [3.63, 3.8) is 0 Å². The van der Waals surface area contributed by atoms with Gasteiger partial charge >= 0.3 is 0 Å². The van der Waals surface area contributed by atoms with Crippen LogP contribution in [0.3, 0.4) is 0 Å². The number of aromatic nitrogens is 2. The molecule has 0 radical (unpaired) electrons. The number of halogens is 2. The highest BCUT2D eigenvalue weighted by atomic mass is 35.5. The number of hydrogen-bond acceptors (Lipinski definition) is 4. The molecule has 0 saturated carbocycles. The lowest BCUT2D eigenvalue weighted by atomic mass is 10.3. The molecule has 0 bridgehead atoms. The molecular weight excluding hydrogens is 279 g/mol. The van der Waals surface area contributed by atoms with Gasteiger partial charge in [-0.05, 0) is 23.7 Å². The van der Waals surface area contributed by atoms with E-state index in [-0.39, 0.29) is 5.28 Å². The van der Waals surface area contributed by atoms with Gasteiger partial charge in [0, 0.05) is 6.20 Å². The number of nitrogens with zero attached hydrogens (tertiary/aromatic N) is 2. The molecule has 0 aliphatic carbocycles. The van der Waals surface area contributed by atoms with Crippen molar-refractivity contribution < 1.29 is 4.74 Å². The van der Waals surface area contributed by atoms with Gasteiger partial charge in [0.1, 0.15) is 10.9 Å². The van der Waals surface area contributed by atoms with E-state index in [9.17, 15) is 0 Å². The zero-order valence-electron chi connectivity index (χ0n) is 8.85. The maximum absolute atomic E-state index is 5.98. The van der Waals surface area contributed by atoms with Crippen LogP contribution in [0, 0.1) is 0 Å². The molecule has 0 aliphatic rings. The van der Waals surface area contributed by atoms with Crippen molar-refractivity contribution in [1.29, 1.82) is 0 Å². The maximum Gasteiger partial charge on any atom is 0.223 e. The zero-order valence-corrected chi connectivity index (χ0v) is 11.2. The molecule has 0 N–H and O–H groups in total. The summed E-state index contributed by atoms with van der Waals surface area (Å²) in [6.07, 6.45) is 1.59. The van der Waals surface area contributed by atoms with Gasteiger partial charge in [-0.15, -0.1) is 0 Å². The van der Waals surface area contributed by atoms with E-state index in [2.05, 4.69) is 9.97 Å². The molecule has 6 heteroatoms. The number of rotatable bonds is 3. The minimum Gasteiger partial charge on any atom is -0.496 e. The normalized spacial score (nSPS) is 10.3. The number of benzene rings is 1. The minimum absolute atomic E-state index is 0.138. The first-order chi connectivity index (χ1) is 8.20. The van der Waals surface area contributed by atoms with Gasteiger partial charge in [-0.3, -0.25) is 0 Å². The molecule has 0 amide bonds. The van der Waals surface area contributed by atoms with Gasteiger partial charge in [-0.25, -0.2) is 9.97 Å². The Balaban J connectivity index is 2.31. The third-order valence-electron chi connectivity index (χ3n) is 1.97. The third-order valence-corrected chi connectivity index (χ3v) is 3.63. The van der Waals surface area contributed by atoms with Crippen molar-refractivity contribution in [1.82, 2.24) is 9.97 Å². The van der Waals surface area contributed by atoms with Crippen LogP contribution in [0.1, 0.15) is 0 Å². The van der Waals surface area contributed by atoms with Crippen LogP contribution in [0.2, 0.25) is 10.4 Å². The van der Waals surface area contributed by atoms with Crippen molar-refractivity contribution in [2.24, 2.45) is 0 Å². The number of para-hydroxylation sites is 1. The summed E-state index contributed by atoms with van der Waals surface area (Å²) in [6.45, 7) is 0. The Kier molecular flexibility index (Phi) is 4.10. The second-order valence-corrected chi connectivity index (χ2v) is 4.83. The average molecular weight is 287 g/mol. The summed E-state index contributed by atoms with van der Waals surface area (Å²) in [5.74, 6) is 0.781. The summed E-state index contributed by atoms with van der Waals surface area (Å²) in [4.78, 5) is 9.47. The molecule has 1 aromatic heterocycles. The van der Waals surface area contributed by atoms with E-state index in [1.165, 1.54) is 11.8 Å². The monoisotopic (exact) mass is 286 g/mol. The predicted molar refractivity (Wildman–Crippen MR) is 69.2 cm³/mol. The number of methoxy groups -OCH3 is 1. The predicted octanol–water partition coefficient (Wildman–Crippen LogP) is 3.94. The van der Waals surface area contributed by atoms with Gasteiger partial charge in [0.05, 0.1) is 16.9 Å². The van der Waals surface area contributed by atoms with E-state index >= 15 is 0 Å². The second-order valence-electron chi connectivity index (χ2n) is 3.05. The first-order valence-corrected chi connectivity index (χ1v) is 6.27. The van der Waals surface area contributed by atoms with E-state index in [0.29, 0.717) is 5.15 Å². The number of ether oxygens (including phenoxy) is 1. The summed E-state index contributed by atoms with van der Waals surface area (Å²) >= 11 is 13.0. The molecule has 88 valence electrons. The Morgan fingerprint density at radius 2 is 1.94 bits per heavy atom. The molecule has 2 aromatic rings. The fraction of sp³-hybridized carbons (Fsp3) is 0.0909. The Morgan fingerprint density at radius 1 is 1.18 bits per heavy atom. The van der Waals surface area contributed by atoms with Crippen LogP contribution < -0.4 is 4.74 Å². The smallest absolute Gasteiger partial charge is 0.223 e. The van der Waals surface area contributed by atoms with Gasteiger partial charge in [-0.2, -0.15) is 0 Å². The summed E-state index contributed by atoms with van der Waals surface area (Å²) in [6, 6.07) is 7.65. The first-order valence-electron chi connectivity index (χ1n) is 4.69. The fourth-order valence-corrected chi connectivity index (χ4v) is 2.51. The quantitative estimate of drug-likeness (QED) is 0.632. The van der Waals surface area contributed by atoms with E-state index in [4.69, 9.17) is 27.9 Å². The summed E-state index contributed by atoms with van der Waals surface area (Å²) < 4.78 is 5.25. The Hall–Kier alpha value is -0.970. The molecule has 0 spiro atoms. The van der Waals surface area contributed by atoms with Crippen LogP contribution in [0.25, 0.3) is 0 Å². The van der Waals surface area contributed by atoms with Crippen molar-refractivity contribution in [3.8, 4) is 5.75 Å². The van der Waals surface area contributed by atoms with Crippen LogP contribution in [0.4, 0.5) is 0 Å². The summed E-state index contributed by atoms with van der Waals surface area (Å²) in [5, 5.41) is 0.472. The Labute approximate surface area is 113 Å². The van der Waals surface area contributed by atoms with Crippen molar-refractivity contribution in [2.75, 3.05) is 7.11 Å². The van der Waals surface area contributed by atoms with Crippen LogP contribution in [-0.2, 0) is 0 Å². The molecule has 0 aliphatic heterocycles. The van der Waals surface area contributed by atoms with Gasteiger partial charge in [0.2, 0.25) is 5.28 Å². The van der Waals surface area contributed by atoms with Crippen molar-refractivity contribution in [2.45, 2.75) is 9.79 Å². The van der Waals surface area contributed by atoms with Gasteiger partial charge in [-0.1, -0.05) is 35.5 Å². The molecule has 1 heterocycles. The van der Waals surface area contributed by atoms with E-state index in [1.54, 1.807) is 13.3 Å². The average Bonchev–Trinajstić information content (AvgIpc) is 2.33. The fourth-order valence-electron chi connectivity index (χ4n) is 1.22. The lowest BCUT2D eigenvalue weighted by Gasteiger charge is -2.07. The van der Waals surface area contributed by atoms with E-state index in [0.717, 1.165) is 15.5 Å². The highest BCUT2D eigenvalue weighted by molar-refractivity contribution is 7.99. The summed E-state index contributed by atoms with van der Waals surface area (Å²) in [7, 11) is 1.62. The second kappa shape index (κ2) is 5.58. The van der Waals surface area contributed by atoms with Crippen LogP contribution in [0.5, 0.6) is 5.75 Å². The molecule has 1 aromatic carbocycles. The van der Waals surface area contributed by atoms with Crippen LogP contribution in [-0.4, -0.2) is 17.1 Å². The van der Waals surface area contributed by atoms with Crippen LogP contribution in [0.15, 0.2) is 40.3 Å². The van der Waals surface area contributed by atoms with Crippen LogP contribution >= 0.6 is 35.0 Å². The number of hydrogen-bond donors (Lipinski definition) is 0. The van der Waals surface area contributed by atoms with Gasteiger partial charge in [0.25, 0.3) is 0 Å².